The van der Waals surface area contributed by atoms with Crippen LogP contribution in [-0.2, 0) is 4.74 Å². The fraction of sp³-hybridized carbons (Fsp3) is 1.00. The number of rotatable bonds is 6. The van der Waals surface area contributed by atoms with Crippen molar-refractivity contribution in [1.29, 1.82) is 0 Å². The standard InChI is InChI=1S/C13H26O2/c1-4-13(2,3)8-5-6-12(14)11-7-9-15-10-11/h11-12,14H,4-10H2,1-3H3. The molecule has 1 saturated heterocycles. The highest BCUT2D eigenvalue weighted by molar-refractivity contribution is 4.74. The number of ether oxygens (including phenoxy) is 1. The maximum Gasteiger partial charge on any atom is 0.0591 e. The largest absolute Gasteiger partial charge is 0.393 e. The van der Waals surface area contributed by atoms with E-state index in [0.717, 1.165) is 32.5 Å². The van der Waals surface area contributed by atoms with Crippen LogP contribution in [0.5, 0.6) is 0 Å². The van der Waals surface area contributed by atoms with Crippen molar-refractivity contribution in [1.82, 2.24) is 0 Å². The topological polar surface area (TPSA) is 29.5 Å². The summed E-state index contributed by atoms with van der Waals surface area (Å²) in [6, 6.07) is 0. The predicted molar refractivity (Wildman–Crippen MR) is 62.9 cm³/mol. The number of hydrogen-bond donors (Lipinski definition) is 1. The Kier molecular flexibility index (Phi) is 5.07. The van der Waals surface area contributed by atoms with Crippen LogP contribution >= 0.6 is 0 Å². The van der Waals surface area contributed by atoms with Crippen LogP contribution in [0.4, 0.5) is 0 Å². The fourth-order valence-electron chi connectivity index (χ4n) is 2.06. The van der Waals surface area contributed by atoms with Crippen molar-refractivity contribution in [2.24, 2.45) is 11.3 Å². The highest BCUT2D eigenvalue weighted by Gasteiger charge is 2.24. The zero-order chi connectivity index (χ0) is 11.3. The first-order valence-corrected chi connectivity index (χ1v) is 6.31. The van der Waals surface area contributed by atoms with Crippen molar-refractivity contribution >= 4 is 0 Å². The van der Waals surface area contributed by atoms with Crippen molar-refractivity contribution in [3.8, 4) is 0 Å². The monoisotopic (exact) mass is 214 g/mol. The molecule has 2 nitrogen and oxygen atoms in total. The lowest BCUT2D eigenvalue weighted by molar-refractivity contribution is 0.0797. The summed E-state index contributed by atoms with van der Waals surface area (Å²) in [6.07, 6.45) is 5.41. The molecule has 0 aliphatic carbocycles. The summed E-state index contributed by atoms with van der Waals surface area (Å²) >= 11 is 0. The third kappa shape index (κ3) is 4.52. The molecule has 0 aromatic carbocycles. The molecule has 0 spiro atoms. The van der Waals surface area contributed by atoms with E-state index in [1.54, 1.807) is 0 Å². The molecule has 90 valence electrons. The van der Waals surface area contributed by atoms with E-state index in [0.29, 0.717) is 11.3 Å². The quantitative estimate of drug-likeness (QED) is 0.736. The van der Waals surface area contributed by atoms with E-state index in [1.165, 1.54) is 12.8 Å². The van der Waals surface area contributed by atoms with Gasteiger partial charge in [0.15, 0.2) is 0 Å². The lowest BCUT2D eigenvalue weighted by atomic mass is 9.83. The van der Waals surface area contributed by atoms with Crippen molar-refractivity contribution in [2.45, 2.75) is 59.0 Å². The Morgan fingerprint density at radius 2 is 2.20 bits per heavy atom. The van der Waals surface area contributed by atoms with E-state index in [2.05, 4.69) is 20.8 Å². The SMILES string of the molecule is CCC(C)(C)CCCC(O)C1CCOC1. The predicted octanol–water partition coefficient (Wildman–Crippen LogP) is 2.99. The van der Waals surface area contributed by atoms with Gasteiger partial charge in [0.05, 0.1) is 12.7 Å². The number of aliphatic hydroxyl groups excluding tert-OH is 1. The van der Waals surface area contributed by atoms with Crippen molar-refractivity contribution in [3.05, 3.63) is 0 Å². The van der Waals surface area contributed by atoms with Crippen LogP contribution in [0.2, 0.25) is 0 Å². The Hall–Kier alpha value is -0.0800. The first-order valence-electron chi connectivity index (χ1n) is 6.31. The van der Waals surface area contributed by atoms with Crippen LogP contribution in [0.1, 0.15) is 52.9 Å². The molecule has 15 heavy (non-hydrogen) atoms. The van der Waals surface area contributed by atoms with E-state index < -0.39 is 0 Å². The van der Waals surface area contributed by atoms with Crippen molar-refractivity contribution < 1.29 is 9.84 Å². The Balaban J connectivity index is 2.13. The molecular weight excluding hydrogens is 188 g/mol. The van der Waals surface area contributed by atoms with Crippen molar-refractivity contribution in [2.75, 3.05) is 13.2 Å². The van der Waals surface area contributed by atoms with Crippen LogP contribution in [0.25, 0.3) is 0 Å². The molecule has 1 aliphatic rings. The van der Waals surface area contributed by atoms with Crippen LogP contribution in [0, 0.1) is 11.3 Å². The summed E-state index contributed by atoms with van der Waals surface area (Å²) in [5, 5.41) is 9.94. The van der Waals surface area contributed by atoms with Gasteiger partial charge in [0.2, 0.25) is 0 Å². The number of aliphatic hydroxyl groups is 1. The highest BCUT2D eigenvalue weighted by atomic mass is 16.5. The Bertz CT molecular complexity index is 171. The van der Waals surface area contributed by atoms with Crippen LogP contribution in [0.15, 0.2) is 0 Å². The summed E-state index contributed by atoms with van der Waals surface area (Å²) in [6.45, 7) is 8.44. The van der Waals surface area contributed by atoms with Gasteiger partial charge in [-0.25, -0.2) is 0 Å². The smallest absolute Gasteiger partial charge is 0.0591 e. The molecule has 0 saturated carbocycles. The summed E-state index contributed by atoms with van der Waals surface area (Å²) in [4.78, 5) is 0. The maximum atomic E-state index is 9.94. The van der Waals surface area contributed by atoms with E-state index >= 15 is 0 Å². The van der Waals surface area contributed by atoms with Gasteiger partial charge in [0.25, 0.3) is 0 Å². The minimum absolute atomic E-state index is 0.139. The molecule has 1 N–H and O–H groups in total. The average Bonchev–Trinajstić information content (AvgIpc) is 2.70. The van der Waals surface area contributed by atoms with E-state index in [4.69, 9.17) is 4.74 Å². The van der Waals surface area contributed by atoms with Gasteiger partial charge in [-0.15, -0.1) is 0 Å². The van der Waals surface area contributed by atoms with Gasteiger partial charge in [-0.2, -0.15) is 0 Å². The van der Waals surface area contributed by atoms with Crippen LogP contribution in [0.3, 0.4) is 0 Å². The lowest BCUT2D eigenvalue weighted by Crippen LogP contribution is -2.21. The Morgan fingerprint density at radius 1 is 1.47 bits per heavy atom. The molecule has 1 aliphatic heterocycles. The second-order valence-electron chi connectivity index (χ2n) is 5.60. The normalized spacial score (nSPS) is 24.4. The molecule has 0 aromatic heterocycles. The third-order valence-electron chi connectivity index (χ3n) is 3.82. The molecule has 2 unspecified atom stereocenters. The molecule has 1 rings (SSSR count). The molecule has 0 radical (unpaired) electrons. The molecule has 1 fully saturated rings. The molecule has 0 bridgehead atoms. The van der Waals surface area contributed by atoms with Crippen LogP contribution < -0.4 is 0 Å². The third-order valence-corrected chi connectivity index (χ3v) is 3.82. The first-order chi connectivity index (χ1) is 7.05. The highest BCUT2D eigenvalue weighted by Crippen LogP contribution is 2.28. The fourth-order valence-corrected chi connectivity index (χ4v) is 2.06. The zero-order valence-electron chi connectivity index (χ0n) is 10.5. The minimum Gasteiger partial charge on any atom is -0.393 e. The lowest BCUT2D eigenvalue weighted by Gasteiger charge is -2.24. The second-order valence-corrected chi connectivity index (χ2v) is 5.60. The average molecular weight is 214 g/mol. The minimum atomic E-state index is -0.139. The van der Waals surface area contributed by atoms with E-state index in [1.807, 2.05) is 0 Å². The molecular formula is C13H26O2. The zero-order valence-corrected chi connectivity index (χ0v) is 10.5. The van der Waals surface area contributed by atoms with E-state index in [9.17, 15) is 5.11 Å². The Morgan fingerprint density at radius 3 is 2.73 bits per heavy atom. The molecule has 0 aromatic rings. The second kappa shape index (κ2) is 5.86. The maximum absolute atomic E-state index is 9.94. The summed E-state index contributed by atoms with van der Waals surface area (Å²) in [5.41, 5.74) is 0.436. The van der Waals surface area contributed by atoms with Gasteiger partial charge >= 0.3 is 0 Å². The number of hydrogen-bond acceptors (Lipinski definition) is 2. The van der Waals surface area contributed by atoms with Gasteiger partial charge < -0.3 is 9.84 Å². The van der Waals surface area contributed by atoms with Gasteiger partial charge in [0, 0.05) is 12.5 Å². The molecule has 2 heteroatoms. The summed E-state index contributed by atoms with van der Waals surface area (Å²) in [7, 11) is 0. The van der Waals surface area contributed by atoms with Gasteiger partial charge in [0.1, 0.15) is 0 Å². The Labute approximate surface area is 94.0 Å². The summed E-state index contributed by atoms with van der Waals surface area (Å²) in [5.74, 6) is 0.398. The van der Waals surface area contributed by atoms with Crippen LogP contribution in [-0.4, -0.2) is 24.4 Å². The molecule has 0 amide bonds. The van der Waals surface area contributed by atoms with Gasteiger partial charge in [-0.1, -0.05) is 33.6 Å². The van der Waals surface area contributed by atoms with E-state index in [-0.39, 0.29) is 6.10 Å². The first kappa shape index (κ1) is 13.0. The van der Waals surface area contributed by atoms with Gasteiger partial charge in [-0.3, -0.25) is 0 Å². The van der Waals surface area contributed by atoms with Gasteiger partial charge in [-0.05, 0) is 24.7 Å². The molecule has 1 heterocycles. The molecule has 2 atom stereocenters. The summed E-state index contributed by atoms with van der Waals surface area (Å²) < 4.78 is 5.29. The van der Waals surface area contributed by atoms with Crippen molar-refractivity contribution in [3.63, 3.8) is 0 Å².